The highest BCUT2D eigenvalue weighted by Crippen LogP contribution is 2.56. The molecule has 0 aromatic rings. The van der Waals surface area contributed by atoms with Crippen molar-refractivity contribution < 1.29 is 18.6 Å². The first kappa shape index (κ1) is 15.4. The molecule has 90 valence electrons. The Balaban J connectivity index is 3.53. The number of hydrogen-bond donors (Lipinski definition) is 0. The van der Waals surface area contributed by atoms with Crippen LogP contribution in [0, 0.1) is 0 Å². The van der Waals surface area contributed by atoms with Crippen molar-refractivity contribution in [2.45, 2.75) is 13.8 Å². The monoisotopic (exact) mass is 272 g/mol. The van der Waals surface area contributed by atoms with Crippen molar-refractivity contribution in [1.29, 1.82) is 0 Å². The lowest BCUT2D eigenvalue weighted by molar-refractivity contribution is -0.139. The molecule has 0 bridgehead atoms. The Hall–Kier alpha value is 0.360. The molecule has 0 saturated carbocycles. The Kier molecular flexibility index (Phi) is 8.71. The van der Waals surface area contributed by atoms with Gasteiger partial charge in [0.05, 0.1) is 19.0 Å². The van der Waals surface area contributed by atoms with E-state index < -0.39 is 6.57 Å². The Labute approximate surface area is 99.1 Å². The van der Waals surface area contributed by atoms with Crippen molar-refractivity contribution in [3.05, 3.63) is 0 Å². The average molecular weight is 272 g/mol. The lowest BCUT2D eigenvalue weighted by Gasteiger charge is -2.10. The van der Waals surface area contributed by atoms with Crippen LogP contribution in [0.15, 0.2) is 0 Å². The third-order valence-electron chi connectivity index (χ3n) is 1.26. The van der Waals surface area contributed by atoms with Gasteiger partial charge in [0.2, 0.25) is 0 Å². The maximum absolute atomic E-state index is 11.6. The first-order chi connectivity index (χ1) is 7.02. The fourth-order valence-corrected chi connectivity index (χ4v) is 5.86. The SMILES string of the molecule is CCOC(=O)CSCSP(C)(=O)OCC. The standard InChI is InChI=1S/C8H17O4PS2/c1-4-11-8(9)6-14-7-15-13(3,10)12-5-2/h4-7H2,1-3H3. The molecule has 0 aromatic heterocycles. The molecule has 0 aliphatic carbocycles. The molecule has 0 aromatic carbocycles. The predicted octanol–water partition coefficient (Wildman–Crippen LogP) is 2.83. The summed E-state index contributed by atoms with van der Waals surface area (Å²) in [7, 11) is 0. The second-order valence-electron chi connectivity index (χ2n) is 2.59. The molecule has 0 saturated heterocycles. The van der Waals surface area contributed by atoms with Gasteiger partial charge in [0, 0.05) is 11.7 Å². The first-order valence-corrected chi connectivity index (χ1v) is 9.43. The summed E-state index contributed by atoms with van der Waals surface area (Å²) in [6.07, 6.45) is 0. The van der Waals surface area contributed by atoms with Crippen LogP contribution in [0.3, 0.4) is 0 Å². The Bertz CT molecular complexity index is 235. The minimum Gasteiger partial charge on any atom is -0.465 e. The highest BCUT2D eigenvalue weighted by molar-refractivity contribution is 8.58. The van der Waals surface area contributed by atoms with Crippen molar-refractivity contribution in [3.8, 4) is 0 Å². The molecule has 0 heterocycles. The molecular formula is C8H17O4PS2. The van der Waals surface area contributed by atoms with Gasteiger partial charge in [-0.3, -0.25) is 9.36 Å². The van der Waals surface area contributed by atoms with Crippen molar-refractivity contribution in [2.75, 3.05) is 30.7 Å². The number of ether oxygens (including phenoxy) is 1. The summed E-state index contributed by atoms with van der Waals surface area (Å²) >= 11 is 2.64. The van der Waals surface area contributed by atoms with Gasteiger partial charge < -0.3 is 9.26 Å². The zero-order valence-electron chi connectivity index (χ0n) is 9.23. The van der Waals surface area contributed by atoms with E-state index in [0.717, 1.165) is 0 Å². The normalized spacial score (nSPS) is 14.6. The van der Waals surface area contributed by atoms with Crippen LogP contribution in [0.25, 0.3) is 0 Å². The fraction of sp³-hybridized carbons (Fsp3) is 0.875. The molecule has 4 nitrogen and oxygen atoms in total. The number of carbonyl (C=O) groups is 1. The Morgan fingerprint density at radius 1 is 1.33 bits per heavy atom. The molecule has 15 heavy (non-hydrogen) atoms. The van der Waals surface area contributed by atoms with E-state index in [-0.39, 0.29) is 5.97 Å². The molecule has 0 amide bonds. The third-order valence-corrected chi connectivity index (χ3v) is 6.66. The fourth-order valence-electron chi connectivity index (χ4n) is 0.732. The molecule has 0 rings (SSSR count). The smallest absolute Gasteiger partial charge is 0.315 e. The van der Waals surface area contributed by atoms with Crippen molar-refractivity contribution in [3.63, 3.8) is 0 Å². The molecule has 0 aliphatic rings. The van der Waals surface area contributed by atoms with Crippen molar-refractivity contribution >= 4 is 35.7 Å². The second kappa shape index (κ2) is 8.50. The Morgan fingerprint density at radius 2 is 2.00 bits per heavy atom. The van der Waals surface area contributed by atoms with Crippen LogP contribution >= 0.6 is 29.7 Å². The van der Waals surface area contributed by atoms with Crippen LogP contribution in [0.5, 0.6) is 0 Å². The molecule has 0 spiro atoms. The molecular weight excluding hydrogens is 255 g/mol. The first-order valence-electron chi connectivity index (χ1n) is 4.61. The lowest BCUT2D eigenvalue weighted by Crippen LogP contribution is -2.06. The number of esters is 1. The summed E-state index contributed by atoms with van der Waals surface area (Å²) in [4.78, 5) is 10.9. The van der Waals surface area contributed by atoms with E-state index in [9.17, 15) is 9.36 Å². The van der Waals surface area contributed by atoms with E-state index in [1.165, 1.54) is 23.1 Å². The molecule has 7 heteroatoms. The summed E-state index contributed by atoms with van der Waals surface area (Å²) in [6.45, 7) is 3.49. The summed E-state index contributed by atoms with van der Waals surface area (Å²) in [5.74, 6) is 0.0675. The van der Waals surface area contributed by atoms with E-state index in [4.69, 9.17) is 9.26 Å². The summed E-state index contributed by atoms with van der Waals surface area (Å²) in [6, 6.07) is 0. The molecule has 0 N–H and O–H groups in total. The van der Waals surface area contributed by atoms with Crippen LogP contribution in [-0.2, 0) is 18.6 Å². The maximum Gasteiger partial charge on any atom is 0.315 e. The number of rotatable bonds is 8. The third kappa shape index (κ3) is 9.30. The van der Waals surface area contributed by atoms with E-state index in [0.29, 0.717) is 24.1 Å². The lowest BCUT2D eigenvalue weighted by atomic mass is 10.8. The summed E-state index contributed by atoms with van der Waals surface area (Å²) < 4.78 is 21.4. The van der Waals surface area contributed by atoms with E-state index >= 15 is 0 Å². The average Bonchev–Trinajstić information content (AvgIpc) is 2.13. The van der Waals surface area contributed by atoms with Gasteiger partial charge >= 0.3 is 5.97 Å². The largest absolute Gasteiger partial charge is 0.465 e. The minimum atomic E-state index is -2.52. The Morgan fingerprint density at radius 3 is 2.53 bits per heavy atom. The van der Waals surface area contributed by atoms with Gasteiger partial charge in [0.1, 0.15) is 0 Å². The topological polar surface area (TPSA) is 52.6 Å². The van der Waals surface area contributed by atoms with Gasteiger partial charge in [0.15, 0.2) is 0 Å². The van der Waals surface area contributed by atoms with Gasteiger partial charge in [0.25, 0.3) is 6.57 Å². The van der Waals surface area contributed by atoms with Crippen LogP contribution < -0.4 is 0 Å². The molecule has 1 atom stereocenters. The molecule has 0 radical (unpaired) electrons. The van der Waals surface area contributed by atoms with Crippen LogP contribution in [0.2, 0.25) is 0 Å². The quantitative estimate of drug-likeness (QED) is 0.293. The molecule has 0 fully saturated rings. The summed E-state index contributed by atoms with van der Waals surface area (Å²) in [5, 5.41) is 0.576. The molecule has 0 aliphatic heterocycles. The highest BCUT2D eigenvalue weighted by Gasteiger charge is 2.15. The second-order valence-corrected chi connectivity index (χ2v) is 9.05. The predicted molar refractivity (Wildman–Crippen MR) is 66.7 cm³/mol. The zero-order chi connectivity index (χ0) is 11.7. The van der Waals surface area contributed by atoms with Crippen LogP contribution in [-0.4, -0.2) is 36.7 Å². The highest BCUT2D eigenvalue weighted by atomic mass is 32.7. The van der Waals surface area contributed by atoms with Gasteiger partial charge in [-0.25, -0.2) is 0 Å². The molecule has 1 unspecified atom stereocenters. The van der Waals surface area contributed by atoms with Gasteiger partial charge in [-0.15, -0.1) is 11.8 Å². The maximum atomic E-state index is 11.6. The van der Waals surface area contributed by atoms with E-state index in [1.807, 2.05) is 6.92 Å². The number of hydrogen-bond acceptors (Lipinski definition) is 6. The van der Waals surface area contributed by atoms with E-state index in [2.05, 4.69) is 0 Å². The van der Waals surface area contributed by atoms with Crippen LogP contribution in [0.1, 0.15) is 13.8 Å². The number of thioether (sulfide) groups is 1. The minimum absolute atomic E-state index is 0.231. The van der Waals surface area contributed by atoms with Gasteiger partial charge in [-0.05, 0) is 13.8 Å². The zero-order valence-corrected chi connectivity index (χ0v) is 11.8. The van der Waals surface area contributed by atoms with Gasteiger partial charge in [-0.2, -0.15) is 0 Å². The van der Waals surface area contributed by atoms with E-state index in [1.54, 1.807) is 13.6 Å². The van der Waals surface area contributed by atoms with Crippen molar-refractivity contribution in [1.82, 2.24) is 0 Å². The van der Waals surface area contributed by atoms with Crippen LogP contribution in [0.4, 0.5) is 0 Å². The van der Waals surface area contributed by atoms with Gasteiger partial charge in [-0.1, -0.05) is 11.4 Å². The van der Waals surface area contributed by atoms with Crippen molar-refractivity contribution in [2.24, 2.45) is 0 Å². The number of carbonyl (C=O) groups excluding carboxylic acids is 1. The summed E-state index contributed by atoms with van der Waals surface area (Å²) in [5.41, 5.74) is 0.